The van der Waals surface area contributed by atoms with Gasteiger partial charge in [-0.1, -0.05) is 6.92 Å². The molecular formula is C14H16N2O4. The highest BCUT2D eigenvalue weighted by atomic mass is 16.4. The van der Waals surface area contributed by atoms with E-state index in [1.165, 1.54) is 11.0 Å². The van der Waals surface area contributed by atoms with Gasteiger partial charge in [0.2, 0.25) is 5.88 Å². The summed E-state index contributed by atoms with van der Waals surface area (Å²) < 4.78 is 5.00. The van der Waals surface area contributed by atoms with Crippen molar-refractivity contribution >= 4 is 17.7 Å². The Bertz CT molecular complexity index is 631. The molecule has 1 fully saturated rings. The van der Waals surface area contributed by atoms with Crippen LogP contribution in [-0.2, 0) is 6.42 Å². The van der Waals surface area contributed by atoms with E-state index in [1.54, 1.807) is 0 Å². The van der Waals surface area contributed by atoms with Gasteiger partial charge in [0.1, 0.15) is 0 Å². The van der Waals surface area contributed by atoms with Gasteiger partial charge in [-0.2, -0.15) is 0 Å². The molecule has 2 heterocycles. The molecule has 1 N–H and O–H groups in total. The Morgan fingerprint density at radius 1 is 1.35 bits per heavy atom. The summed E-state index contributed by atoms with van der Waals surface area (Å²) in [4.78, 5) is 37.4. The van der Waals surface area contributed by atoms with Crippen LogP contribution in [0.15, 0.2) is 15.3 Å². The van der Waals surface area contributed by atoms with Crippen molar-refractivity contribution in [1.82, 2.24) is 4.90 Å². The van der Waals surface area contributed by atoms with E-state index in [1.807, 2.05) is 6.92 Å². The number of hydrogen-bond donors (Lipinski definition) is 1. The molecule has 1 aliphatic heterocycles. The van der Waals surface area contributed by atoms with Crippen LogP contribution in [0.4, 0.5) is 10.7 Å². The fraction of sp³-hybridized carbons (Fsp3) is 0.500. The van der Waals surface area contributed by atoms with Crippen LogP contribution in [0.1, 0.15) is 35.7 Å². The van der Waals surface area contributed by atoms with Crippen LogP contribution < -0.4 is 10.9 Å². The Balaban J connectivity index is 1.99. The number of anilines is 1. The average Bonchev–Trinajstić information content (AvgIpc) is 3.20. The Morgan fingerprint density at radius 3 is 2.75 bits per heavy atom. The molecule has 6 heteroatoms. The first kappa shape index (κ1) is 12.9. The van der Waals surface area contributed by atoms with Gasteiger partial charge in [0.15, 0.2) is 5.78 Å². The van der Waals surface area contributed by atoms with E-state index in [4.69, 9.17) is 4.42 Å². The highest BCUT2D eigenvalue weighted by Gasteiger charge is 2.33. The van der Waals surface area contributed by atoms with Gasteiger partial charge in [-0.3, -0.25) is 10.1 Å². The van der Waals surface area contributed by atoms with E-state index in [-0.39, 0.29) is 24.2 Å². The summed E-state index contributed by atoms with van der Waals surface area (Å²) in [6.07, 6.45) is 2.73. The Hall–Kier alpha value is -2.11. The normalized spacial score (nSPS) is 18.6. The van der Waals surface area contributed by atoms with Crippen LogP contribution in [0.25, 0.3) is 0 Å². The largest absolute Gasteiger partial charge is 0.405 e. The third kappa shape index (κ3) is 2.33. The zero-order valence-corrected chi connectivity index (χ0v) is 11.3. The summed E-state index contributed by atoms with van der Waals surface area (Å²) in [6.45, 7) is 2.48. The molecule has 106 valence electrons. The maximum Gasteiger partial charge on any atom is 0.337 e. The molecule has 0 aromatic carbocycles. The molecule has 2 amide bonds. The minimum atomic E-state index is -0.552. The van der Waals surface area contributed by atoms with Crippen LogP contribution in [0.5, 0.6) is 0 Å². The maximum absolute atomic E-state index is 12.4. The van der Waals surface area contributed by atoms with Crippen molar-refractivity contribution in [2.24, 2.45) is 5.92 Å². The van der Waals surface area contributed by atoms with Crippen molar-refractivity contribution in [1.29, 1.82) is 0 Å². The summed E-state index contributed by atoms with van der Waals surface area (Å²) in [5.41, 5.74) is 0.401. The average molecular weight is 276 g/mol. The van der Waals surface area contributed by atoms with Gasteiger partial charge in [0.05, 0.1) is 12.1 Å². The molecule has 1 aromatic heterocycles. The Kier molecular flexibility index (Phi) is 3.08. The molecule has 6 nitrogen and oxygen atoms in total. The molecule has 20 heavy (non-hydrogen) atoms. The third-order valence-electron chi connectivity index (χ3n) is 3.72. The summed E-state index contributed by atoms with van der Waals surface area (Å²) in [6, 6.07) is 0.944. The van der Waals surface area contributed by atoms with Gasteiger partial charge in [-0.25, -0.2) is 9.59 Å². The first-order valence-corrected chi connectivity index (χ1v) is 6.84. The summed E-state index contributed by atoms with van der Waals surface area (Å²) in [5, 5.41) is 2.55. The van der Waals surface area contributed by atoms with E-state index in [9.17, 15) is 14.4 Å². The molecule has 1 aliphatic carbocycles. The highest BCUT2D eigenvalue weighted by molar-refractivity contribution is 6.09. The topological polar surface area (TPSA) is 79.6 Å². The van der Waals surface area contributed by atoms with Crippen molar-refractivity contribution < 1.29 is 14.0 Å². The molecule has 0 radical (unpaired) electrons. The number of fused-ring (bicyclic) bond motifs is 1. The number of nitrogens with one attached hydrogen (secondary N) is 1. The molecule has 0 saturated heterocycles. The number of carbonyl (C=O) groups excluding carboxylic acids is 2. The van der Waals surface area contributed by atoms with Crippen molar-refractivity contribution in [2.75, 3.05) is 18.4 Å². The molecule has 0 unspecified atom stereocenters. The molecule has 1 saturated carbocycles. The quantitative estimate of drug-likeness (QED) is 0.910. The number of rotatable bonds is 3. The zero-order valence-electron chi connectivity index (χ0n) is 11.3. The number of aryl methyl sites for hydroxylation is 1. The SMILES string of the molecule is CCc1cc(=O)oc2c1C(=O)CN(CC1CC1)C(=O)N2. The van der Waals surface area contributed by atoms with Gasteiger partial charge < -0.3 is 9.32 Å². The summed E-state index contributed by atoms with van der Waals surface area (Å²) in [5.74, 6) is 0.301. The molecule has 1 aromatic rings. The van der Waals surface area contributed by atoms with E-state index in [2.05, 4.69) is 5.32 Å². The molecule has 3 rings (SSSR count). The monoisotopic (exact) mass is 276 g/mol. The Labute approximate surface area is 115 Å². The van der Waals surface area contributed by atoms with Crippen LogP contribution in [0.2, 0.25) is 0 Å². The van der Waals surface area contributed by atoms with Gasteiger partial charge in [0, 0.05) is 12.6 Å². The number of amides is 2. The number of Topliss-reactive ketones (excluding diaryl/α,β-unsaturated/α-hetero) is 1. The van der Waals surface area contributed by atoms with Gasteiger partial charge in [0.25, 0.3) is 0 Å². The van der Waals surface area contributed by atoms with E-state index in [0.29, 0.717) is 30.0 Å². The van der Waals surface area contributed by atoms with Crippen molar-refractivity contribution in [3.05, 3.63) is 27.6 Å². The van der Waals surface area contributed by atoms with Crippen LogP contribution in [0, 0.1) is 5.92 Å². The van der Waals surface area contributed by atoms with E-state index < -0.39 is 5.63 Å². The fourth-order valence-electron chi connectivity index (χ4n) is 2.47. The number of hydrogen-bond acceptors (Lipinski definition) is 4. The fourth-order valence-corrected chi connectivity index (χ4v) is 2.47. The lowest BCUT2D eigenvalue weighted by molar-refractivity contribution is 0.0949. The molecular weight excluding hydrogens is 260 g/mol. The smallest absolute Gasteiger partial charge is 0.337 e. The van der Waals surface area contributed by atoms with Crippen LogP contribution in [0.3, 0.4) is 0 Å². The second-order valence-corrected chi connectivity index (χ2v) is 5.33. The van der Waals surface area contributed by atoms with Crippen molar-refractivity contribution in [2.45, 2.75) is 26.2 Å². The summed E-state index contributed by atoms with van der Waals surface area (Å²) in [7, 11) is 0. The lowest BCUT2D eigenvalue weighted by Crippen LogP contribution is -2.37. The number of nitrogens with zero attached hydrogens (tertiary/aromatic N) is 1. The molecule has 0 atom stereocenters. The maximum atomic E-state index is 12.4. The number of carbonyl (C=O) groups is 2. The predicted molar refractivity (Wildman–Crippen MR) is 72.0 cm³/mol. The molecule has 2 aliphatic rings. The first-order chi connectivity index (χ1) is 9.58. The lowest BCUT2D eigenvalue weighted by atomic mass is 10.0. The Morgan fingerprint density at radius 2 is 2.10 bits per heavy atom. The third-order valence-corrected chi connectivity index (χ3v) is 3.72. The number of urea groups is 1. The second-order valence-electron chi connectivity index (χ2n) is 5.33. The zero-order chi connectivity index (χ0) is 14.3. The standard InChI is InChI=1S/C14H16N2O4/c1-2-9-5-11(18)20-13-12(9)10(17)7-16(14(19)15-13)6-8-3-4-8/h5,8H,2-4,6-7H2,1H3,(H,15,19). The van der Waals surface area contributed by atoms with Crippen molar-refractivity contribution in [3.63, 3.8) is 0 Å². The highest BCUT2D eigenvalue weighted by Crippen LogP contribution is 2.31. The van der Waals surface area contributed by atoms with Gasteiger partial charge >= 0.3 is 11.7 Å². The minimum absolute atomic E-state index is 0.0114. The summed E-state index contributed by atoms with van der Waals surface area (Å²) >= 11 is 0. The van der Waals surface area contributed by atoms with Crippen molar-refractivity contribution in [3.8, 4) is 0 Å². The molecule has 0 bridgehead atoms. The minimum Gasteiger partial charge on any atom is -0.405 e. The van der Waals surface area contributed by atoms with Gasteiger partial charge in [-0.05, 0) is 30.7 Å². The molecule has 0 spiro atoms. The van der Waals surface area contributed by atoms with E-state index in [0.717, 1.165) is 12.8 Å². The lowest BCUT2D eigenvalue weighted by Gasteiger charge is -2.18. The van der Waals surface area contributed by atoms with Crippen LogP contribution >= 0.6 is 0 Å². The van der Waals surface area contributed by atoms with Crippen LogP contribution in [-0.4, -0.2) is 29.8 Å². The number of ketones is 1. The van der Waals surface area contributed by atoms with E-state index >= 15 is 0 Å². The van der Waals surface area contributed by atoms with Gasteiger partial charge in [-0.15, -0.1) is 0 Å². The predicted octanol–water partition coefficient (Wildman–Crippen LogP) is 1.64. The first-order valence-electron chi connectivity index (χ1n) is 6.84. The second kappa shape index (κ2) is 4.77.